The topological polar surface area (TPSA) is 98.3 Å². The van der Waals surface area contributed by atoms with E-state index in [4.69, 9.17) is 14.2 Å². The second-order valence-corrected chi connectivity index (χ2v) is 9.40. The summed E-state index contributed by atoms with van der Waals surface area (Å²) in [5, 5.41) is 6.28. The summed E-state index contributed by atoms with van der Waals surface area (Å²) in [6, 6.07) is 15.2. The molecule has 0 unspecified atom stereocenters. The van der Waals surface area contributed by atoms with Crippen LogP contribution in [0, 0.1) is 0 Å². The molecule has 1 aliphatic heterocycles. The van der Waals surface area contributed by atoms with Crippen LogP contribution in [-0.4, -0.2) is 59.3 Å². The van der Waals surface area contributed by atoms with Crippen LogP contribution in [-0.2, 0) is 9.84 Å². The highest BCUT2D eigenvalue weighted by atomic mass is 32.2. The van der Waals surface area contributed by atoms with E-state index in [-0.39, 0.29) is 12.3 Å². The summed E-state index contributed by atoms with van der Waals surface area (Å²) in [5.41, 5.74) is 0.774. The smallest absolute Gasteiger partial charge is 0.195 e. The summed E-state index contributed by atoms with van der Waals surface area (Å²) in [5.74, 6) is 2.73. The first-order valence-electron chi connectivity index (χ1n) is 10.3. The van der Waals surface area contributed by atoms with Crippen LogP contribution >= 0.6 is 0 Å². The van der Waals surface area contributed by atoms with Gasteiger partial charge < -0.3 is 24.8 Å². The zero-order valence-electron chi connectivity index (χ0n) is 17.7. The van der Waals surface area contributed by atoms with E-state index in [2.05, 4.69) is 15.6 Å². The predicted molar refractivity (Wildman–Crippen MR) is 122 cm³/mol. The summed E-state index contributed by atoms with van der Waals surface area (Å²) in [7, 11) is -3.07. The fourth-order valence-electron chi connectivity index (χ4n) is 2.83. The number of rotatable bonds is 9. The number of nitrogens with one attached hydrogen (secondary N) is 2. The van der Waals surface area contributed by atoms with E-state index >= 15 is 0 Å². The monoisotopic (exact) mass is 447 g/mol. The number of fused-ring (bicyclic) bond motifs is 1. The maximum absolute atomic E-state index is 11.5. The highest BCUT2D eigenvalue weighted by Crippen LogP contribution is 2.32. The lowest BCUT2D eigenvalue weighted by Gasteiger charge is -2.14. The van der Waals surface area contributed by atoms with Crippen LogP contribution in [0.4, 0.5) is 5.69 Å². The van der Waals surface area contributed by atoms with Gasteiger partial charge in [-0.2, -0.15) is 0 Å². The molecule has 0 bridgehead atoms. The van der Waals surface area contributed by atoms with Gasteiger partial charge in [0.25, 0.3) is 0 Å². The van der Waals surface area contributed by atoms with Crippen LogP contribution in [0.2, 0.25) is 0 Å². The molecule has 0 atom stereocenters. The first-order valence-corrected chi connectivity index (χ1v) is 12.4. The summed E-state index contributed by atoms with van der Waals surface area (Å²) in [6.45, 7) is 2.55. The maximum atomic E-state index is 11.5. The van der Waals surface area contributed by atoms with E-state index in [9.17, 15) is 8.42 Å². The number of hydrogen-bond acceptors (Lipinski definition) is 6. The van der Waals surface area contributed by atoms with E-state index < -0.39 is 9.84 Å². The van der Waals surface area contributed by atoms with E-state index in [1.165, 1.54) is 6.26 Å². The third kappa shape index (κ3) is 8.37. The van der Waals surface area contributed by atoms with E-state index in [1.54, 1.807) is 0 Å². The molecule has 0 spiro atoms. The van der Waals surface area contributed by atoms with Gasteiger partial charge in [-0.15, -0.1) is 0 Å². The fourth-order valence-corrected chi connectivity index (χ4v) is 3.31. The minimum atomic E-state index is -3.07. The van der Waals surface area contributed by atoms with E-state index in [0.29, 0.717) is 43.8 Å². The first kappa shape index (κ1) is 22.7. The molecule has 0 amide bonds. The van der Waals surface area contributed by atoms with Gasteiger partial charge in [0.2, 0.25) is 0 Å². The molecular weight excluding hydrogens is 418 g/mol. The van der Waals surface area contributed by atoms with Gasteiger partial charge in [-0.1, -0.05) is 18.2 Å². The van der Waals surface area contributed by atoms with Gasteiger partial charge in [0, 0.05) is 43.9 Å². The highest BCUT2D eigenvalue weighted by molar-refractivity contribution is 7.90. The number of para-hydroxylation sites is 1. The van der Waals surface area contributed by atoms with Crippen molar-refractivity contribution in [2.75, 3.05) is 50.2 Å². The highest BCUT2D eigenvalue weighted by Gasteiger charge is 2.12. The minimum Gasteiger partial charge on any atom is -0.494 e. The number of ether oxygens (including phenoxy) is 3. The second-order valence-electron chi connectivity index (χ2n) is 7.14. The van der Waals surface area contributed by atoms with Crippen LogP contribution in [0.5, 0.6) is 17.2 Å². The molecule has 31 heavy (non-hydrogen) atoms. The van der Waals surface area contributed by atoms with Crippen molar-refractivity contribution in [3.63, 3.8) is 0 Å². The number of guanidine groups is 1. The van der Waals surface area contributed by atoms with Crippen LogP contribution in [0.1, 0.15) is 12.8 Å². The number of hydrogen-bond donors (Lipinski definition) is 2. The Balaban J connectivity index is 1.58. The number of aliphatic imine (C=N–C) groups is 1. The van der Waals surface area contributed by atoms with Gasteiger partial charge in [0.05, 0.1) is 25.6 Å². The molecule has 2 N–H and O–H groups in total. The molecule has 8 nitrogen and oxygen atoms in total. The van der Waals surface area contributed by atoms with Gasteiger partial charge in [-0.3, -0.25) is 4.99 Å². The number of benzene rings is 2. The maximum Gasteiger partial charge on any atom is 0.195 e. The molecule has 9 heteroatoms. The zero-order valence-corrected chi connectivity index (χ0v) is 18.5. The van der Waals surface area contributed by atoms with Crippen molar-refractivity contribution in [1.82, 2.24) is 5.32 Å². The van der Waals surface area contributed by atoms with Crippen molar-refractivity contribution in [3.8, 4) is 17.2 Å². The summed E-state index contributed by atoms with van der Waals surface area (Å²) < 4.78 is 40.0. The molecular formula is C22H29N3O5S. The Morgan fingerprint density at radius 3 is 2.65 bits per heavy atom. The molecule has 2 aromatic carbocycles. The van der Waals surface area contributed by atoms with Crippen molar-refractivity contribution >= 4 is 21.5 Å². The second kappa shape index (κ2) is 11.5. The van der Waals surface area contributed by atoms with Crippen molar-refractivity contribution < 1.29 is 22.6 Å². The molecule has 0 saturated carbocycles. The first-order chi connectivity index (χ1) is 15.0. The van der Waals surface area contributed by atoms with Crippen LogP contribution in [0.25, 0.3) is 0 Å². The Hall–Kier alpha value is -2.94. The Kier molecular flexibility index (Phi) is 8.40. The van der Waals surface area contributed by atoms with Gasteiger partial charge in [-0.25, -0.2) is 8.42 Å². The van der Waals surface area contributed by atoms with Crippen LogP contribution in [0.3, 0.4) is 0 Å². The summed E-state index contributed by atoms with van der Waals surface area (Å²) in [6.07, 6.45) is 2.76. The van der Waals surface area contributed by atoms with Crippen molar-refractivity contribution in [3.05, 3.63) is 48.5 Å². The third-order valence-corrected chi connectivity index (χ3v) is 5.31. The SMILES string of the molecule is CS(=O)(=O)CCNC(=NCCCOc1ccccc1)Nc1ccc2c(c1)OCCCO2. The summed E-state index contributed by atoms with van der Waals surface area (Å²) in [4.78, 5) is 4.55. The summed E-state index contributed by atoms with van der Waals surface area (Å²) >= 11 is 0. The number of nitrogens with zero attached hydrogens (tertiary/aromatic N) is 1. The number of sulfone groups is 1. The minimum absolute atomic E-state index is 0.0198. The Bertz CT molecular complexity index is 964. The molecule has 0 aromatic heterocycles. The normalized spacial score (nSPS) is 13.9. The Morgan fingerprint density at radius 2 is 1.87 bits per heavy atom. The lowest BCUT2D eigenvalue weighted by Crippen LogP contribution is -2.34. The average molecular weight is 448 g/mol. The molecule has 168 valence electrons. The lowest BCUT2D eigenvalue weighted by atomic mass is 10.3. The lowest BCUT2D eigenvalue weighted by molar-refractivity contribution is 0.297. The molecule has 1 aliphatic rings. The Morgan fingerprint density at radius 1 is 1.10 bits per heavy atom. The quantitative estimate of drug-likeness (QED) is 0.346. The largest absolute Gasteiger partial charge is 0.494 e. The van der Waals surface area contributed by atoms with Crippen LogP contribution in [0.15, 0.2) is 53.5 Å². The molecule has 0 radical (unpaired) electrons. The zero-order chi connectivity index (χ0) is 21.9. The predicted octanol–water partition coefficient (Wildman–Crippen LogP) is 2.72. The molecule has 0 fully saturated rings. The van der Waals surface area contributed by atoms with Crippen molar-refractivity contribution in [1.29, 1.82) is 0 Å². The molecule has 0 aliphatic carbocycles. The van der Waals surface area contributed by atoms with Gasteiger partial charge in [0.1, 0.15) is 15.6 Å². The van der Waals surface area contributed by atoms with Crippen LogP contribution < -0.4 is 24.8 Å². The van der Waals surface area contributed by atoms with Crippen molar-refractivity contribution in [2.45, 2.75) is 12.8 Å². The number of anilines is 1. The van der Waals surface area contributed by atoms with Gasteiger partial charge in [-0.05, 0) is 24.3 Å². The van der Waals surface area contributed by atoms with Gasteiger partial charge in [0.15, 0.2) is 17.5 Å². The van der Waals surface area contributed by atoms with E-state index in [0.717, 1.165) is 24.3 Å². The molecule has 1 heterocycles. The van der Waals surface area contributed by atoms with Crippen molar-refractivity contribution in [2.24, 2.45) is 4.99 Å². The average Bonchev–Trinajstić information content (AvgIpc) is 2.98. The molecule has 0 saturated heterocycles. The third-order valence-electron chi connectivity index (χ3n) is 4.36. The molecule has 3 rings (SSSR count). The standard InChI is InChI=1S/C22H29N3O5S/c1-31(26,27)16-12-24-22(23-11-5-13-28-19-7-3-2-4-8-19)25-18-9-10-20-21(17-18)30-15-6-14-29-20/h2-4,7-10,17H,5-6,11-16H2,1H3,(H2,23,24,25). The van der Waals surface area contributed by atoms with Gasteiger partial charge >= 0.3 is 0 Å². The van der Waals surface area contributed by atoms with E-state index in [1.807, 2.05) is 48.5 Å². The Labute approximate surface area is 183 Å². The fraction of sp³-hybridized carbons (Fsp3) is 0.409. The molecule has 2 aromatic rings.